The van der Waals surface area contributed by atoms with E-state index in [2.05, 4.69) is 55.6 Å². The van der Waals surface area contributed by atoms with Crippen LogP contribution in [0.15, 0.2) is 48.6 Å². The van der Waals surface area contributed by atoms with Crippen LogP contribution in [0, 0.1) is 0 Å². The Morgan fingerprint density at radius 3 is 1.73 bits per heavy atom. The number of nitrogens with one attached hydrogen (secondary N) is 1. The first kappa shape index (κ1) is 51.2. The predicted molar refractivity (Wildman–Crippen MR) is 226 cm³/mol. The maximum absolute atomic E-state index is 12.9. The molecule has 0 bridgehead atoms. The summed E-state index contributed by atoms with van der Waals surface area (Å²) in [6.07, 6.45) is 38.8. The van der Waals surface area contributed by atoms with E-state index in [0.717, 1.165) is 51.4 Å². The normalized spacial score (nSPS) is 21.8. The lowest BCUT2D eigenvalue weighted by molar-refractivity contribution is -0.302. The average molecular weight is 778 g/mol. The second kappa shape index (κ2) is 36.5. The van der Waals surface area contributed by atoms with Gasteiger partial charge in [-0.3, -0.25) is 4.79 Å². The Labute approximate surface area is 335 Å². The van der Waals surface area contributed by atoms with Gasteiger partial charge >= 0.3 is 0 Å². The van der Waals surface area contributed by atoms with Crippen LogP contribution in [0.2, 0.25) is 0 Å². The van der Waals surface area contributed by atoms with Crippen LogP contribution in [0.3, 0.4) is 0 Å². The predicted octanol–water partition coefficient (Wildman–Crippen LogP) is 9.06. The number of hydrogen-bond donors (Lipinski definition) is 6. The molecule has 6 N–H and O–H groups in total. The van der Waals surface area contributed by atoms with Crippen molar-refractivity contribution in [3.8, 4) is 0 Å². The Morgan fingerprint density at radius 1 is 0.636 bits per heavy atom. The minimum absolute atomic E-state index is 0.191. The molecular formula is C46H83NO8. The topological polar surface area (TPSA) is 149 Å². The van der Waals surface area contributed by atoms with E-state index in [-0.39, 0.29) is 12.5 Å². The summed E-state index contributed by atoms with van der Waals surface area (Å²) in [4.78, 5) is 12.9. The average Bonchev–Trinajstić information content (AvgIpc) is 3.18. The molecule has 1 aliphatic rings. The number of rotatable bonds is 36. The van der Waals surface area contributed by atoms with Gasteiger partial charge in [-0.05, 0) is 57.8 Å². The van der Waals surface area contributed by atoms with E-state index in [4.69, 9.17) is 9.47 Å². The second-order valence-electron chi connectivity index (χ2n) is 15.5. The molecule has 0 spiro atoms. The van der Waals surface area contributed by atoms with Crippen molar-refractivity contribution in [2.24, 2.45) is 0 Å². The van der Waals surface area contributed by atoms with E-state index in [9.17, 15) is 30.3 Å². The fourth-order valence-electron chi connectivity index (χ4n) is 6.80. The van der Waals surface area contributed by atoms with Crippen LogP contribution >= 0.6 is 0 Å². The maximum Gasteiger partial charge on any atom is 0.220 e. The first-order chi connectivity index (χ1) is 26.8. The number of allylic oxidation sites excluding steroid dienone is 7. The van der Waals surface area contributed by atoms with E-state index >= 15 is 0 Å². The molecule has 0 radical (unpaired) electrons. The van der Waals surface area contributed by atoms with Crippen LogP contribution < -0.4 is 5.32 Å². The first-order valence-corrected chi connectivity index (χ1v) is 22.4. The highest BCUT2D eigenvalue weighted by Crippen LogP contribution is 2.22. The van der Waals surface area contributed by atoms with Crippen molar-refractivity contribution in [1.29, 1.82) is 0 Å². The fourth-order valence-corrected chi connectivity index (χ4v) is 6.80. The van der Waals surface area contributed by atoms with Crippen LogP contribution in [-0.4, -0.2) is 87.5 Å². The third-order valence-electron chi connectivity index (χ3n) is 10.4. The molecule has 1 fully saturated rings. The van der Waals surface area contributed by atoms with Gasteiger partial charge in [0, 0.05) is 6.42 Å². The third kappa shape index (κ3) is 27.4. The SMILES string of the molecule is CC/C=C\C/C=C\CCCCCCCCCCCCCCCCC(=O)NC(COC1OC(CO)C(O)C(O)C1O)C(O)/C=C/CC/C=C/CCCCCCC. The molecule has 0 aromatic rings. The molecule has 1 aliphatic heterocycles. The highest BCUT2D eigenvalue weighted by molar-refractivity contribution is 5.76. The van der Waals surface area contributed by atoms with E-state index in [0.29, 0.717) is 6.42 Å². The van der Waals surface area contributed by atoms with Crippen molar-refractivity contribution in [2.75, 3.05) is 13.2 Å². The van der Waals surface area contributed by atoms with Gasteiger partial charge in [-0.1, -0.05) is 165 Å². The number of carbonyl (C=O) groups excluding carboxylic acids is 1. The molecule has 55 heavy (non-hydrogen) atoms. The van der Waals surface area contributed by atoms with Gasteiger partial charge in [-0.25, -0.2) is 0 Å². The molecule has 0 saturated carbocycles. The largest absolute Gasteiger partial charge is 0.394 e. The molecule has 0 aliphatic carbocycles. The molecule has 1 saturated heterocycles. The van der Waals surface area contributed by atoms with Gasteiger partial charge in [-0.15, -0.1) is 0 Å². The molecule has 1 rings (SSSR count). The molecule has 0 aromatic carbocycles. The standard InChI is InChI=1S/C46H83NO8/c1-3-5-7-9-11-13-15-16-17-18-19-20-21-22-23-24-26-28-30-32-34-36-42(50)47-39(38-54-46-45(53)44(52)43(51)41(37-48)55-46)40(49)35-33-31-29-27-25-14-12-10-8-6-4-2/h5,7,11,13,25,27,33,35,39-41,43-46,48-49,51-53H,3-4,6,8-10,12,14-24,26,28-32,34,36-38H2,1-2H3,(H,47,50)/b7-5-,13-11-,27-25+,35-33+. The summed E-state index contributed by atoms with van der Waals surface area (Å²) in [7, 11) is 0. The van der Waals surface area contributed by atoms with E-state index in [1.807, 2.05) is 6.08 Å². The lowest BCUT2D eigenvalue weighted by Crippen LogP contribution is -2.60. The molecule has 7 atom stereocenters. The van der Waals surface area contributed by atoms with Crippen molar-refractivity contribution in [1.82, 2.24) is 5.32 Å². The van der Waals surface area contributed by atoms with Gasteiger partial charge in [0.25, 0.3) is 0 Å². The molecule has 0 aromatic heterocycles. The van der Waals surface area contributed by atoms with Crippen molar-refractivity contribution in [2.45, 2.75) is 224 Å². The van der Waals surface area contributed by atoms with E-state index in [1.54, 1.807) is 6.08 Å². The van der Waals surface area contributed by atoms with Gasteiger partial charge in [0.2, 0.25) is 5.91 Å². The summed E-state index contributed by atoms with van der Waals surface area (Å²) in [5, 5.41) is 54.0. The second-order valence-corrected chi connectivity index (χ2v) is 15.5. The van der Waals surface area contributed by atoms with Crippen LogP contribution in [0.1, 0.15) is 181 Å². The molecule has 1 amide bonds. The molecule has 9 heteroatoms. The minimum atomic E-state index is -1.57. The van der Waals surface area contributed by atoms with Gasteiger partial charge in [0.15, 0.2) is 6.29 Å². The Bertz CT molecular complexity index is 998. The molecule has 9 nitrogen and oxygen atoms in total. The Hall–Kier alpha value is -1.85. The highest BCUT2D eigenvalue weighted by atomic mass is 16.7. The van der Waals surface area contributed by atoms with Gasteiger partial charge in [-0.2, -0.15) is 0 Å². The summed E-state index contributed by atoms with van der Waals surface area (Å²) in [6.45, 7) is 3.62. The van der Waals surface area contributed by atoms with Gasteiger partial charge in [0.1, 0.15) is 24.4 Å². The number of ether oxygens (including phenoxy) is 2. The van der Waals surface area contributed by atoms with Crippen LogP contribution in [0.4, 0.5) is 0 Å². The molecular weight excluding hydrogens is 695 g/mol. The maximum atomic E-state index is 12.9. The summed E-state index contributed by atoms with van der Waals surface area (Å²) >= 11 is 0. The number of amides is 1. The summed E-state index contributed by atoms with van der Waals surface area (Å²) in [5.74, 6) is -0.191. The van der Waals surface area contributed by atoms with Crippen LogP contribution in [-0.2, 0) is 14.3 Å². The van der Waals surface area contributed by atoms with Crippen molar-refractivity contribution in [3.05, 3.63) is 48.6 Å². The van der Waals surface area contributed by atoms with Crippen molar-refractivity contribution < 1.29 is 39.8 Å². The van der Waals surface area contributed by atoms with Gasteiger partial charge < -0.3 is 40.3 Å². The van der Waals surface area contributed by atoms with Crippen LogP contribution in [0.5, 0.6) is 0 Å². The Morgan fingerprint density at radius 2 is 1.15 bits per heavy atom. The lowest BCUT2D eigenvalue weighted by atomic mass is 9.99. The zero-order valence-electron chi connectivity index (χ0n) is 34.9. The number of carbonyl (C=O) groups is 1. The molecule has 320 valence electrons. The monoisotopic (exact) mass is 778 g/mol. The van der Waals surface area contributed by atoms with Crippen LogP contribution in [0.25, 0.3) is 0 Å². The summed E-state index contributed by atoms with van der Waals surface area (Å²) < 4.78 is 11.2. The van der Waals surface area contributed by atoms with E-state index < -0.39 is 49.5 Å². The molecule has 1 heterocycles. The first-order valence-electron chi connectivity index (χ1n) is 22.4. The number of aliphatic hydroxyl groups excluding tert-OH is 5. The summed E-state index contributed by atoms with van der Waals surface area (Å²) in [5.41, 5.74) is 0. The minimum Gasteiger partial charge on any atom is -0.394 e. The van der Waals surface area contributed by atoms with Crippen molar-refractivity contribution >= 4 is 5.91 Å². The Kier molecular flexibility index (Phi) is 33.9. The van der Waals surface area contributed by atoms with E-state index in [1.165, 1.54) is 109 Å². The number of hydrogen-bond acceptors (Lipinski definition) is 8. The lowest BCUT2D eigenvalue weighted by Gasteiger charge is -2.40. The van der Waals surface area contributed by atoms with Crippen molar-refractivity contribution in [3.63, 3.8) is 0 Å². The Balaban J connectivity index is 2.31. The third-order valence-corrected chi connectivity index (χ3v) is 10.4. The fraction of sp³-hybridized carbons (Fsp3) is 0.804. The summed E-state index contributed by atoms with van der Waals surface area (Å²) in [6, 6.07) is -0.819. The smallest absolute Gasteiger partial charge is 0.220 e. The number of unbranched alkanes of at least 4 members (excludes halogenated alkanes) is 20. The number of aliphatic hydroxyl groups is 5. The molecule has 7 unspecified atom stereocenters. The highest BCUT2D eigenvalue weighted by Gasteiger charge is 2.44. The van der Waals surface area contributed by atoms with Gasteiger partial charge in [0.05, 0.1) is 25.4 Å². The zero-order valence-corrected chi connectivity index (χ0v) is 34.9. The zero-order chi connectivity index (χ0) is 40.2. The quantitative estimate of drug-likeness (QED) is 0.0273.